The lowest BCUT2D eigenvalue weighted by Crippen LogP contribution is -2.23. The molecule has 0 spiro atoms. The minimum Gasteiger partial charge on any atom is -0.380 e. The molecule has 0 saturated heterocycles. The number of benzene rings is 1. The standard InChI is InChI=1S/C12H17Cl2NO/c1-3-16-7-6-15-9(2)10-4-5-11(13)12(14)8-10/h4-5,8-9,15H,3,6-7H2,1-2H3. The fraction of sp³-hybridized carbons (Fsp3) is 0.500. The van der Waals surface area contributed by atoms with Crippen LogP contribution >= 0.6 is 23.2 Å². The van der Waals surface area contributed by atoms with Crippen LogP contribution < -0.4 is 5.32 Å². The molecule has 0 aliphatic rings. The van der Waals surface area contributed by atoms with Crippen LogP contribution in [-0.2, 0) is 4.74 Å². The quantitative estimate of drug-likeness (QED) is 0.789. The molecule has 0 aliphatic carbocycles. The molecule has 0 amide bonds. The lowest BCUT2D eigenvalue weighted by molar-refractivity contribution is 0.147. The molecule has 16 heavy (non-hydrogen) atoms. The zero-order chi connectivity index (χ0) is 12.0. The lowest BCUT2D eigenvalue weighted by atomic mass is 10.1. The molecule has 1 rings (SSSR count). The van der Waals surface area contributed by atoms with E-state index in [2.05, 4.69) is 12.2 Å². The van der Waals surface area contributed by atoms with Crippen molar-refractivity contribution in [2.75, 3.05) is 19.8 Å². The zero-order valence-corrected chi connectivity index (χ0v) is 11.1. The van der Waals surface area contributed by atoms with Gasteiger partial charge in [-0.1, -0.05) is 29.3 Å². The molecule has 0 aromatic heterocycles. The fourth-order valence-electron chi connectivity index (χ4n) is 1.39. The second kappa shape index (κ2) is 7.13. The van der Waals surface area contributed by atoms with Crippen LogP contribution in [0.2, 0.25) is 10.0 Å². The van der Waals surface area contributed by atoms with Crippen LogP contribution in [0.5, 0.6) is 0 Å². The normalized spacial score (nSPS) is 12.8. The molecular weight excluding hydrogens is 245 g/mol. The summed E-state index contributed by atoms with van der Waals surface area (Å²) in [5.74, 6) is 0. The van der Waals surface area contributed by atoms with E-state index in [-0.39, 0.29) is 6.04 Å². The van der Waals surface area contributed by atoms with Gasteiger partial charge in [0.15, 0.2) is 0 Å². The number of halogens is 2. The van der Waals surface area contributed by atoms with Gasteiger partial charge in [-0.15, -0.1) is 0 Å². The highest BCUT2D eigenvalue weighted by atomic mass is 35.5. The highest BCUT2D eigenvalue weighted by molar-refractivity contribution is 6.42. The van der Waals surface area contributed by atoms with Crippen molar-refractivity contribution in [2.24, 2.45) is 0 Å². The monoisotopic (exact) mass is 261 g/mol. The van der Waals surface area contributed by atoms with E-state index in [4.69, 9.17) is 27.9 Å². The first-order valence-corrected chi connectivity index (χ1v) is 6.16. The molecule has 0 saturated carbocycles. The Kier molecular flexibility index (Phi) is 6.14. The van der Waals surface area contributed by atoms with Crippen molar-refractivity contribution in [1.82, 2.24) is 5.32 Å². The van der Waals surface area contributed by atoms with Gasteiger partial charge in [0.05, 0.1) is 16.7 Å². The Balaban J connectivity index is 2.46. The van der Waals surface area contributed by atoms with Crippen molar-refractivity contribution in [3.63, 3.8) is 0 Å². The van der Waals surface area contributed by atoms with Gasteiger partial charge in [-0.25, -0.2) is 0 Å². The van der Waals surface area contributed by atoms with Gasteiger partial charge in [0, 0.05) is 19.2 Å². The summed E-state index contributed by atoms with van der Waals surface area (Å²) < 4.78 is 5.25. The summed E-state index contributed by atoms with van der Waals surface area (Å²) in [6.45, 7) is 6.38. The van der Waals surface area contributed by atoms with Crippen molar-refractivity contribution in [2.45, 2.75) is 19.9 Å². The minimum absolute atomic E-state index is 0.246. The SMILES string of the molecule is CCOCCNC(C)c1ccc(Cl)c(Cl)c1. The smallest absolute Gasteiger partial charge is 0.0595 e. The van der Waals surface area contributed by atoms with E-state index in [1.165, 1.54) is 0 Å². The fourth-order valence-corrected chi connectivity index (χ4v) is 1.70. The van der Waals surface area contributed by atoms with Crippen molar-refractivity contribution in [1.29, 1.82) is 0 Å². The number of ether oxygens (including phenoxy) is 1. The van der Waals surface area contributed by atoms with Crippen LogP contribution in [0.15, 0.2) is 18.2 Å². The second-order valence-electron chi connectivity index (χ2n) is 3.55. The first-order chi connectivity index (χ1) is 7.65. The van der Waals surface area contributed by atoms with Crippen LogP contribution in [0.4, 0.5) is 0 Å². The van der Waals surface area contributed by atoms with E-state index in [1.54, 1.807) is 0 Å². The van der Waals surface area contributed by atoms with E-state index >= 15 is 0 Å². The zero-order valence-electron chi connectivity index (χ0n) is 9.59. The minimum atomic E-state index is 0.246. The average molecular weight is 262 g/mol. The van der Waals surface area contributed by atoms with Crippen molar-refractivity contribution in [3.05, 3.63) is 33.8 Å². The maximum Gasteiger partial charge on any atom is 0.0595 e. The Morgan fingerprint density at radius 2 is 2.06 bits per heavy atom. The third-order valence-electron chi connectivity index (χ3n) is 2.34. The summed E-state index contributed by atoms with van der Waals surface area (Å²) in [5, 5.41) is 4.54. The van der Waals surface area contributed by atoms with Crippen molar-refractivity contribution >= 4 is 23.2 Å². The molecular formula is C12H17Cl2NO. The van der Waals surface area contributed by atoms with Gasteiger partial charge < -0.3 is 10.1 Å². The molecule has 1 N–H and O–H groups in total. The molecule has 1 aromatic carbocycles. The topological polar surface area (TPSA) is 21.3 Å². The van der Waals surface area contributed by atoms with Crippen molar-refractivity contribution < 1.29 is 4.74 Å². The lowest BCUT2D eigenvalue weighted by Gasteiger charge is -2.14. The van der Waals surface area contributed by atoms with Crippen LogP contribution in [-0.4, -0.2) is 19.8 Å². The molecule has 1 unspecified atom stereocenters. The average Bonchev–Trinajstić information content (AvgIpc) is 2.28. The highest BCUT2D eigenvalue weighted by Crippen LogP contribution is 2.25. The molecule has 90 valence electrons. The maximum absolute atomic E-state index is 5.96. The van der Waals surface area contributed by atoms with Gasteiger partial charge in [-0.3, -0.25) is 0 Å². The van der Waals surface area contributed by atoms with E-state index in [1.807, 2.05) is 25.1 Å². The maximum atomic E-state index is 5.96. The third kappa shape index (κ3) is 4.30. The summed E-state index contributed by atoms with van der Waals surface area (Å²) in [7, 11) is 0. The van der Waals surface area contributed by atoms with E-state index < -0.39 is 0 Å². The highest BCUT2D eigenvalue weighted by Gasteiger charge is 2.06. The van der Waals surface area contributed by atoms with Gasteiger partial charge in [0.25, 0.3) is 0 Å². The summed E-state index contributed by atoms with van der Waals surface area (Å²) in [6, 6.07) is 5.93. The van der Waals surface area contributed by atoms with E-state index in [9.17, 15) is 0 Å². The van der Waals surface area contributed by atoms with E-state index in [0.29, 0.717) is 10.0 Å². The van der Waals surface area contributed by atoms with Crippen LogP contribution in [0.1, 0.15) is 25.5 Å². The first kappa shape index (κ1) is 13.8. The van der Waals surface area contributed by atoms with Crippen LogP contribution in [0, 0.1) is 0 Å². The molecule has 1 aromatic rings. The Labute approximate surface area is 107 Å². The first-order valence-electron chi connectivity index (χ1n) is 5.41. The molecule has 0 aliphatic heterocycles. The van der Waals surface area contributed by atoms with E-state index in [0.717, 1.165) is 25.3 Å². The predicted molar refractivity (Wildman–Crippen MR) is 69.4 cm³/mol. The van der Waals surface area contributed by atoms with Gasteiger partial charge in [0.2, 0.25) is 0 Å². The molecule has 2 nitrogen and oxygen atoms in total. The molecule has 0 bridgehead atoms. The summed E-state index contributed by atoms with van der Waals surface area (Å²) in [4.78, 5) is 0. The number of rotatable bonds is 6. The van der Waals surface area contributed by atoms with Crippen LogP contribution in [0.25, 0.3) is 0 Å². The summed E-state index contributed by atoms with van der Waals surface area (Å²) >= 11 is 11.8. The molecule has 0 radical (unpaired) electrons. The van der Waals surface area contributed by atoms with Crippen LogP contribution in [0.3, 0.4) is 0 Å². The second-order valence-corrected chi connectivity index (χ2v) is 4.36. The van der Waals surface area contributed by atoms with Crippen molar-refractivity contribution in [3.8, 4) is 0 Å². The number of hydrogen-bond donors (Lipinski definition) is 1. The summed E-state index contributed by atoms with van der Waals surface area (Å²) in [6.07, 6.45) is 0. The Morgan fingerprint density at radius 1 is 1.31 bits per heavy atom. The molecule has 1 atom stereocenters. The third-order valence-corrected chi connectivity index (χ3v) is 3.08. The Hall–Kier alpha value is -0.280. The molecule has 0 heterocycles. The number of hydrogen-bond acceptors (Lipinski definition) is 2. The molecule has 0 fully saturated rings. The van der Waals surface area contributed by atoms with Gasteiger partial charge in [-0.2, -0.15) is 0 Å². The Morgan fingerprint density at radius 3 is 2.69 bits per heavy atom. The predicted octanol–water partition coefficient (Wildman–Crippen LogP) is 3.68. The largest absolute Gasteiger partial charge is 0.380 e. The number of nitrogens with one attached hydrogen (secondary N) is 1. The van der Waals surface area contributed by atoms with Gasteiger partial charge in [-0.05, 0) is 31.5 Å². The van der Waals surface area contributed by atoms with Gasteiger partial charge >= 0.3 is 0 Å². The Bertz CT molecular complexity index is 331. The molecule has 4 heteroatoms. The summed E-state index contributed by atoms with van der Waals surface area (Å²) in [5.41, 5.74) is 1.13. The van der Waals surface area contributed by atoms with Gasteiger partial charge in [0.1, 0.15) is 0 Å².